The number of esters is 2. The number of hydrogen-bond donors (Lipinski definition) is 0. The second-order valence-corrected chi connectivity index (χ2v) is 19.9. The Labute approximate surface area is 405 Å². The number of nitrogens with zero attached hydrogens (tertiary/aromatic N) is 1. The molecule has 380 valence electrons. The first-order valence-electron chi connectivity index (χ1n) is 26.3. The molecule has 10 heteroatoms. The number of likely N-dealkylation sites (N-methyl/N-ethyl adjacent to an activating group) is 1. The molecule has 0 aromatic heterocycles. The van der Waals surface area contributed by atoms with E-state index in [4.69, 9.17) is 18.5 Å². The molecule has 0 saturated heterocycles. The smallest absolute Gasteiger partial charge is 0.306 e. The van der Waals surface area contributed by atoms with Crippen molar-refractivity contribution in [3.63, 3.8) is 0 Å². The zero-order valence-corrected chi connectivity index (χ0v) is 43.8. The first-order valence-corrected chi connectivity index (χ1v) is 27.8. The summed E-state index contributed by atoms with van der Waals surface area (Å²) < 4.78 is 33.9. The molecule has 0 bridgehead atoms. The van der Waals surface area contributed by atoms with Gasteiger partial charge in [-0.1, -0.05) is 202 Å². The molecule has 0 radical (unpaired) electrons. The summed E-state index contributed by atoms with van der Waals surface area (Å²) in [5.74, 6) is -0.932. The molecule has 0 spiro atoms. The molecular weight excluding hydrogens is 846 g/mol. The summed E-state index contributed by atoms with van der Waals surface area (Å²) in [7, 11) is 1.11. The predicted octanol–water partition coefficient (Wildman–Crippen LogP) is 15.3. The van der Waals surface area contributed by atoms with E-state index in [1.54, 1.807) is 0 Å². The topological polar surface area (TPSA) is 111 Å². The van der Waals surface area contributed by atoms with Crippen molar-refractivity contribution in [3.05, 3.63) is 85.1 Å². The fourth-order valence-electron chi connectivity index (χ4n) is 6.85. The second-order valence-electron chi connectivity index (χ2n) is 18.5. The van der Waals surface area contributed by atoms with Gasteiger partial charge in [0.15, 0.2) is 6.10 Å². The third-order valence-electron chi connectivity index (χ3n) is 10.9. The number of hydrogen-bond acceptors (Lipinski definition) is 8. The molecule has 0 rings (SSSR count). The molecule has 2 atom stereocenters. The third kappa shape index (κ3) is 50.6. The molecule has 0 amide bonds. The van der Waals surface area contributed by atoms with Gasteiger partial charge in [0.1, 0.15) is 19.8 Å². The molecule has 0 aromatic carbocycles. The summed E-state index contributed by atoms with van der Waals surface area (Å²) in [6.45, 7) is 4.01. The lowest BCUT2D eigenvalue weighted by molar-refractivity contribution is -0.870. The lowest BCUT2D eigenvalue weighted by Gasteiger charge is -2.28. The number of unbranched alkanes of at least 4 members (excludes halogenated alkanes) is 19. The number of phosphoric acid groups is 1. The SMILES string of the molecule is CC/C=C\C/C=C\C/C=C\C/C=C\CCC(=O)OC(COC(=O)CCCCCCCCCCCCCCCC/C=C\C/C=C\C/C=C\CCCCCCC)COP(=O)([O-])OCC[N+](C)(C)C. The van der Waals surface area contributed by atoms with Crippen LogP contribution in [-0.4, -0.2) is 70.0 Å². The Bertz CT molecular complexity index is 1390. The third-order valence-corrected chi connectivity index (χ3v) is 11.9. The quantitative estimate of drug-likeness (QED) is 0.0195. The molecule has 9 nitrogen and oxygen atoms in total. The van der Waals surface area contributed by atoms with E-state index in [1.807, 2.05) is 33.3 Å². The highest BCUT2D eigenvalue weighted by Crippen LogP contribution is 2.38. The van der Waals surface area contributed by atoms with Crippen LogP contribution in [0.4, 0.5) is 0 Å². The fourth-order valence-corrected chi connectivity index (χ4v) is 7.58. The minimum absolute atomic E-state index is 0.0469. The highest BCUT2D eigenvalue weighted by atomic mass is 31.2. The molecule has 0 aromatic rings. The molecule has 0 aliphatic heterocycles. The van der Waals surface area contributed by atoms with E-state index >= 15 is 0 Å². The summed E-state index contributed by atoms with van der Waals surface area (Å²) in [6, 6.07) is 0. The Balaban J connectivity index is 4.15. The van der Waals surface area contributed by atoms with Gasteiger partial charge in [-0.3, -0.25) is 14.2 Å². The number of quaternary nitrogens is 1. The normalized spacial score (nSPS) is 14.1. The largest absolute Gasteiger partial charge is 0.756 e. The number of phosphoric ester groups is 1. The molecule has 0 fully saturated rings. The van der Waals surface area contributed by atoms with Gasteiger partial charge in [0.25, 0.3) is 7.82 Å². The highest BCUT2D eigenvalue weighted by Gasteiger charge is 2.21. The standard InChI is InChI=1S/C56H98NO8P/c1-6-8-10-12-14-16-18-20-21-22-23-24-25-26-27-28-29-30-31-32-33-34-35-37-38-40-42-44-46-48-55(58)62-52-54(53-64-66(60,61)63-51-50-57(3,4)5)65-56(59)49-47-45-43-41-39-36-19-17-15-13-11-9-7-2/h9,11,15,17-18,20,22-23,25-26,36,39,43,45,54H,6-8,10,12-14,16,19,21,24,27-35,37-38,40-42,44,46-53H2,1-5H3/b11-9-,17-15-,20-18-,23-22-,26-25-,39-36-,45-43-. The van der Waals surface area contributed by atoms with Crippen molar-refractivity contribution >= 4 is 19.8 Å². The Morgan fingerprint density at radius 2 is 0.894 bits per heavy atom. The first kappa shape index (κ1) is 63.2. The van der Waals surface area contributed by atoms with Crippen molar-refractivity contribution < 1.29 is 42.1 Å². The molecule has 2 unspecified atom stereocenters. The summed E-state index contributed by atoms with van der Waals surface area (Å²) in [4.78, 5) is 37.6. The van der Waals surface area contributed by atoms with Crippen LogP contribution in [0.15, 0.2) is 85.1 Å². The lowest BCUT2D eigenvalue weighted by atomic mass is 10.0. The highest BCUT2D eigenvalue weighted by molar-refractivity contribution is 7.45. The van der Waals surface area contributed by atoms with Crippen LogP contribution in [0.25, 0.3) is 0 Å². The summed E-state index contributed by atoms with van der Waals surface area (Å²) in [5, 5.41) is 0. The number of rotatable bonds is 47. The average molecular weight is 944 g/mol. The van der Waals surface area contributed by atoms with Gasteiger partial charge < -0.3 is 27.9 Å². The Morgan fingerprint density at radius 1 is 0.485 bits per heavy atom. The van der Waals surface area contributed by atoms with Gasteiger partial charge in [-0.2, -0.15) is 0 Å². The van der Waals surface area contributed by atoms with Gasteiger partial charge in [0.05, 0.1) is 27.7 Å². The summed E-state index contributed by atoms with van der Waals surface area (Å²) >= 11 is 0. The zero-order valence-electron chi connectivity index (χ0n) is 42.9. The van der Waals surface area contributed by atoms with E-state index < -0.39 is 32.5 Å². The molecule has 0 aliphatic carbocycles. The van der Waals surface area contributed by atoms with Gasteiger partial charge in [-0.25, -0.2) is 0 Å². The average Bonchev–Trinajstić information content (AvgIpc) is 3.27. The van der Waals surface area contributed by atoms with Crippen LogP contribution >= 0.6 is 7.82 Å². The van der Waals surface area contributed by atoms with Crippen LogP contribution in [0, 0.1) is 0 Å². The summed E-state index contributed by atoms with van der Waals surface area (Å²) in [5.41, 5.74) is 0. The Kier molecular flexibility index (Phi) is 45.3. The Hall–Kier alpha value is -2.81. The van der Waals surface area contributed by atoms with Gasteiger partial charge in [0, 0.05) is 12.8 Å². The number of carbonyl (C=O) groups excluding carboxylic acids is 2. The van der Waals surface area contributed by atoms with Gasteiger partial charge in [-0.05, 0) is 77.0 Å². The van der Waals surface area contributed by atoms with E-state index in [2.05, 4.69) is 86.8 Å². The molecule has 0 aliphatic rings. The minimum atomic E-state index is -4.65. The van der Waals surface area contributed by atoms with Gasteiger partial charge in [-0.15, -0.1) is 0 Å². The second kappa shape index (κ2) is 47.3. The number of ether oxygens (including phenoxy) is 2. The Morgan fingerprint density at radius 3 is 1.35 bits per heavy atom. The number of carbonyl (C=O) groups is 2. The number of allylic oxidation sites excluding steroid dienone is 14. The molecule has 0 N–H and O–H groups in total. The molecule has 66 heavy (non-hydrogen) atoms. The maximum Gasteiger partial charge on any atom is 0.306 e. The molecule has 0 heterocycles. The van der Waals surface area contributed by atoms with Crippen molar-refractivity contribution in [2.75, 3.05) is 47.5 Å². The van der Waals surface area contributed by atoms with Crippen molar-refractivity contribution in [1.82, 2.24) is 0 Å². The molecule has 0 saturated carbocycles. The summed E-state index contributed by atoms with van der Waals surface area (Å²) in [6.07, 6.45) is 62.3. The minimum Gasteiger partial charge on any atom is -0.756 e. The van der Waals surface area contributed by atoms with Crippen LogP contribution in [-0.2, 0) is 32.7 Å². The van der Waals surface area contributed by atoms with Gasteiger partial charge in [0.2, 0.25) is 0 Å². The van der Waals surface area contributed by atoms with Crippen LogP contribution < -0.4 is 4.89 Å². The van der Waals surface area contributed by atoms with Gasteiger partial charge >= 0.3 is 11.9 Å². The van der Waals surface area contributed by atoms with Crippen molar-refractivity contribution in [3.8, 4) is 0 Å². The van der Waals surface area contributed by atoms with Crippen LogP contribution in [0.3, 0.4) is 0 Å². The van der Waals surface area contributed by atoms with E-state index in [1.165, 1.54) is 116 Å². The zero-order chi connectivity index (χ0) is 48.5. The maximum absolute atomic E-state index is 12.7. The lowest BCUT2D eigenvalue weighted by Crippen LogP contribution is -2.37. The predicted molar refractivity (Wildman–Crippen MR) is 277 cm³/mol. The van der Waals surface area contributed by atoms with Crippen molar-refractivity contribution in [2.24, 2.45) is 0 Å². The molecular formula is C56H98NO8P. The van der Waals surface area contributed by atoms with Crippen LogP contribution in [0.1, 0.15) is 206 Å². The monoisotopic (exact) mass is 944 g/mol. The van der Waals surface area contributed by atoms with E-state index in [0.29, 0.717) is 17.4 Å². The van der Waals surface area contributed by atoms with Crippen LogP contribution in [0.2, 0.25) is 0 Å². The first-order chi connectivity index (χ1) is 32.0. The van der Waals surface area contributed by atoms with Crippen molar-refractivity contribution in [2.45, 2.75) is 213 Å². The van der Waals surface area contributed by atoms with E-state index in [0.717, 1.165) is 57.8 Å². The van der Waals surface area contributed by atoms with E-state index in [-0.39, 0.29) is 26.1 Å². The van der Waals surface area contributed by atoms with Crippen molar-refractivity contribution in [1.29, 1.82) is 0 Å². The van der Waals surface area contributed by atoms with Crippen LogP contribution in [0.5, 0.6) is 0 Å². The van der Waals surface area contributed by atoms with E-state index in [9.17, 15) is 19.0 Å². The maximum atomic E-state index is 12.7. The fraction of sp³-hybridized carbons (Fsp3) is 0.714.